The first-order chi connectivity index (χ1) is 14.8. The first-order valence-corrected chi connectivity index (χ1v) is 10.3. The van der Waals surface area contributed by atoms with E-state index in [1.54, 1.807) is 19.4 Å². The molecule has 0 bridgehead atoms. The molecule has 1 amide bonds. The van der Waals surface area contributed by atoms with E-state index in [2.05, 4.69) is 30.1 Å². The average molecular weight is 537 g/mol. The molecule has 0 atom stereocenters. The number of aromatic nitrogens is 2. The highest BCUT2D eigenvalue weighted by atomic mass is 127. The number of carbonyl (C=O) groups excluding carboxylic acids is 1. The predicted octanol–water partition coefficient (Wildman–Crippen LogP) is 1.61. The second kappa shape index (κ2) is 11.1. The molecule has 1 N–H and O–H groups in total. The average Bonchev–Trinajstić information content (AvgIpc) is 2.81. The van der Waals surface area contributed by atoms with E-state index in [1.807, 2.05) is 35.2 Å². The maximum absolute atomic E-state index is 12.3. The highest BCUT2D eigenvalue weighted by Gasteiger charge is 2.25. The van der Waals surface area contributed by atoms with Crippen LogP contribution in [0.4, 0.5) is 11.6 Å². The van der Waals surface area contributed by atoms with Gasteiger partial charge in [-0.15, -0.1) is 24.0 Å². The number of halogens is 1. The van der Waals surface area contributed by atoms with Crippen LogP contribution in [-0.2, 0) is 4.79 Å². The zero-order chi connectivity index (χ0) is 20.8. The number of guanidine groups is 1. The van der Waals surface area contributed by atoms with Gasteiger partial charge in [-0.05, 0) is 24.6 Å². The summed E-state index contributed by atoms with van der Waals surface area (Å²) in [5, 5.41) is 3.43. The topological polar surface area (TPSA) is 86.2 Å². The molecule has 0 saturated carbocycles. The lowest BCUT2D eigenvalue weighted by atomic mass is 10.2. The summed E-state index contributed by atoms with van der Waals surface area (Å²) in [5.74, 6) is 2.42. The Kier molecular flexibility index (Phi) is 8.27. The minimum Gasteiger partial charge on any atom is -0.482 e. The number of carbonyl (C=O) groups is 1. The number of aliphatic imine (C=N–C) groups is 1. The molecule has 4 rings (SSSR count). The van der Waals surface area contributed by atoms with Gasteiger partial charge in [-0.2, -0.15) is 0 Å². The number of nitrogens with zero attached hydrogens (tertiary/aromatic N) is 6. The van der Waals surface area contributed by atoms with E-state index >= 15 is 0 Å². The van der Waals surface area contributed by atoms with Gasteiger partial charge < -0.3 is 24.8 Å². The Morgan fingerprint density at radius 3 is 2.61 bits per heavy atom. The van der Waals surface area contributed by atoms with Crippen molar-refractivity contribution >= 4 is 47.5 Å². The van der Waals surface area contributed by atoms with E-state index in [0.717, 1.165) is 62.5 Å². The molecule has 0 aliphatic carbocycles. The summed E-state index contributed by atoms with van der Waals surface area (Å²) in [6.45, 7) is 4.89. The molecule has 10 heteroatoms. The quantitative estimate of drug-likeness (QED) is 0.269. The molecule has 1 aromatic carbocycles. The largest absolute Gasteiger partial charge is 0.482 e. The van der Waals surface area contributed by atoms with E-state index in [1.165, 1.54) is 0 Å². The minimum atomic E-state index is -0.00247. The summed E-state index contributed by atoms with van der Waals surface area (Å²) >= 11 is 0. The molecule has 2 aliphatic heterocycles. The number of benzene rings is 1. The van der Waals surface area contributed by atoms with Crippen LogP contribution in [0.15, 0.2) is 47.7 Å². The monoisotopic (exact) mass is 537 g/mol. The molecule has 1 saturated heterocycles. The number of para-hydroxylation sites is 2. The van der Waals surface area contributed by atoms with Gasteiger partial charge in [0.25, 0.3) is 5.91 Å². The number of hydrogen-bond donors (Lipinski definition) is 1. The Labute approximate surface area is 199 Å². The molecule has 3 heterocycles. The van der Waals surface area contributed by atoms with Crippen molar-refractivity contribution in [3.05, 3.63) is 42.7 Å². The van der Waals surface area contributed by atoms with Gasteiger partial charge in [0, 0.05) is 58.7 Å². The van der Waals surface area contributed by atoms with Crippen LogP contribution in [0.25, 0.3) is 0 Å². The lowest BCUT2D eigenvalue weighted by molar-refractivity contribution is -0.121. The van der Waals surface area contributed by atoms with Crippen molar-refractivity contribution in [3.8, 4) is 5.75 Å². The molecular formula is C21H28IN7O2. The summed E-state index contributed by atoms with van der Waals surface area (Å²) in [6.07, 6.45) is 4.36. The fraction of sp³-hybridized carbons (Fsp3) is 0.429. The maximum Gasteiger partial charge on any atom is 0.265 e. The van der Waals surface area contributed by atoms with Gasteiger partial charge in [0.2, 0.25) is 5.95 Å². The number of amides is 1. The van der Waals surface area contributed by atoms with Crippen molar-refractivity contribution in [3.63, 3.8) is 0 Å². The van der Waals surface area contributed by atoms with Gasteiger partial charge in [0.15, 0.2) is 12.6 Å². The second-order valence-corrected chi connectivity index (χ2v) is 7.15. The number of fused-ring (bicyclic) bond motifs is 1. The normalized spacial score (nSPS) is 16.4. The van der Waals surface area contributed by atoms with Crippen molar-refractivity contribution in [1.29, 1.82) is 0 Å². The molecule has 0 radical (unpaired) electrons. The van der Waals surface area contributed by atoms with E-state index in [4.69, 9.17) is 4.74 Å². The van der Waals surface area contributed by atoms with Crippen LogP contribution in [0, 0.1) is 0 Å². The van der Waals surface area contributed by atoms with Gasteiger partial charge in [-0.3, -0.25) is 9.79 Å². The van der Waals surface area contributed by atoms with Crippen LogP contribution in [0.2, 0.25) is 0 Å². The molecule has 166 valence electrons. The molecule has 0 unspecified atom stereocenters. The van der Waals surface area contributed by atoms with Gasteiger partial charge >= 0.3 is 0 Å². The summed E-state index contributed by atoms with van der Waals surface area (Å²) in [7, 11) is 1.80. The van der Waals surface area contributed by atoms with Crippen LogP contribution < -0.4 is 19.9 Å². The van der Waals surface area contributed by atoms with Crippen molar-refractivity contribution in [2.24, 2.45) is 4.99 Å². The Hall–Kier alpha value is -2.63. The summed E-state index contributed by atoms with van der Waals surface area (Å²) in [6, 6.07) is 9.49. The minimum absolute atomic E-state index is 0. The summed E-state index contributed by atoms with van der Waals surface area (Å²) < 4.78 is 5.50. The van der Waals surface area contributed by atoms with Crippen LogP contribution in [-0.4, -0.2) is 79.7 Å². The van der Waals surface area contributed by atoms with Gasteiger partial charge in [-0.25, -0.2) is 9.97 Å². The maximum atomic E-state index is 12.3. The number of nitrogens with one attached hydrogen (secondary N) is 1. The smallest absolute Gasteiger partial charge is 0.265 e. The lowest BCUT2D eigenvalue weighted by Crippen LogP contribution is -2.53. The van der Waals surface area contributed by atoms with Crippen molar-refractivity contribution in [1.82, 2.24) is 20.2 Å². The summed E-state index contributed by atoms with van der Waals surface area (Å²) in [4.78, 5) is 31.6. The molecular weight excluding hydrogens is 509 g/mol. The van der Waals surface area contributed by atoms with E-state index in [9.17, 15) is 4.79 Å². The van der Waals surface area contributed by atoms with Gasteiger partial charge in [-0.1, -0.05) is 12.1 Å². The highest BCUT2D eigenvalue weighted by molar-refractivity contribution is 14.0. The standard InChI is InChI=1S/C21H27N7O2.HI/c1-22-20(26-12-14-27(15-13-26)21-24-8-4-9-25-21)23-10-5-11-28-17-6-2-3-7-18(17)30-16-19(28)29;/h2-4,6-9H,5,10-16H2,1H3,(H,22,23);1H. The third-order valence-electron chi connectivity index (χ3n) is 5.28. The SMILES string of the molecule is CN=C(NCCCN1C(=O)COc2ccccc21)N1CCN(c2ncccn2)CC1.I. The highest BCUT2D eigenvalue weighted by Crippen LogP contribution is 2.31. The lowest BCUT2D eigenvalue weighted by Gasteiger charge is -2.36. The second-order valence-electron chi connectivity index (χ2n) is 7.15. The predicted molar refractivity (Wildman–Crippen MR) is 132 cm³/mol. The molecule has 31 heavy (non-hydrogen) atoms. The molecule has 1 fully saturated rings. The number of anilines is 2. The molecule has 9 nitrogen and oxygen atoms in total. The first kappa shape index (κ1) is 23.0. The van der Waals surface area contributed by atoms with Crippen LogP contribution >= 0.6 is 24.0 Å². The first-order valence-electron chi connectivity index (χ1n) is 10.3. The fourth-order valence-electron chi connectivity index (χ4n) is 3.74. The Morgan fingerprint density at radius 2 is 1.87 bits per heavy atom. The number of rotatable bonds is 5. The Balaban J connectivity index is 0.00000272. The number of hydrogen-bond acceptors (Lipinski definition) is 6. The number of ether oxygens (including phenoxy) is 1. The van der Waals surface area contributed by atoms with Crippen LogP contribution in [0.3, 0.4) is 0 Å². The van der Waals surface area contributed by atoms with Crippen molar-refractivity contribution < 1.29 is 9.53 Å². The fourth-order valence-corrected chi connectivity index (χ4v) is 3.74. The molecule has 2 aliphatic rings. The van der Waals surface area contributed by atoms with Gasteiger partial charge in [0.1, 0.15) is 5.75 Å². The Morgan fingerprint density at radius 1 is 1.13 bits per heavy atom. The van der Waals surface area contributed by atoms with Crippen molar-refractivity contribution in [2.75, 3.05) is 62.7 Å². The zero-order valence-electron chi connectivity index (χ0n) is 17.6. The van der Waals surface area contributed by atoms with Crippen molar-refractivity contribution in [2.45, 2.75) is 6.42 Å². The Bertz CT molecular complexity index is 888. The molecule has 0 spiro atoms. The third kappa shape index (κ3) is 5.54. The zero-order valence-corrected chi connectivity index (χ0v) is 19.9. The summed E-state index contributed by atoms with van der Waals surface area (Å²) in [5.41, 5.74) is 0.845. The molecule has 2 aromatic rings. The van der Waals surface area contributed by atoms with Crippen LogP contribution in [0.1, 0.15) is 6.42 Å². The molecule has 1 aromatic heterocycles. The van der Waals surface area contributed by atoms with Gasteiger partial charge in [0.05, 0.1) is 5.69 Å². The van der Waals surface area contributed by atoms with E-state index < -0.39 is 0 Å². The van der Waals surface area contributed by atoms with E-state index in [0.29, 0.717) is 6.54 Å². The van der Waals surface area contributed by atoms with E-state index in [-0.39, 0.29) is 36.5 Å². The number of piperazine rings is 1. The van der Waals surface area contributed by atoms with Crippen LogP contribution in [0.5, 0.6) is 5.75 Å². The third-order valence-corrected chi connectivity index (χ3v) is 5.28.